The first-order valence-corrected chi connectivity index (χ1v) is 8.88. The van der Waals surface area contributed by atoms with Gasteiger partial charge in [-0.25, -0.2) is 4.98 Å². The van der Waals surface area contributed by atoms with Crippen molar-refractivity contribution in [1.82, 2.24) is 9.97 Å². The summed E-state index contributed by atoms with van der Waals surface area (Å²) in [5.41, 5.74) is 1.85. The Kier molecular flexibility index (Phi) is 4.03. The van der Waals surface area contributed by atoms with Crippen molar-refractivity contribution in [3.8, 4) is 11.5 Å². The Morgan fingerprint density at radius 3 is 2.32 bits per heavy atom. The van der Waals surface area contributed by atoms with E-state index in [0.29, 0.717) is 28.6 Å². The molecule has 0 atom stereocenters. The summed E-state index contributed by atoms with van der Waals surface area (Å²) in [6.45, 7) is 3.72. The van der Waals surface area contributed by atoms with Gasteiger partial charge in [-0.15, -0.1) is 0 Å². The van der Waals surface area contributed by atoms with Crippen molar-refractivity contribution in [2.24, 2.45) is 0 Å². The van der Waals surface area contributed by atoms with E-state index in [0.717, 1.165) is 11.0 Å². The molecule has 0 saturated heterocycles. The van der Waals surface area contributed by atoms with E-state index in [9.17, 15) is 5.11 Å². The van der Waals surface area contributed by atoms with E-state index >= 15 is 0 Å². The predicted molar refractivity (Wildman–Crippen MR) is 109 cm³/mol. The lowest BCUT2D eigenvalue weighted by Crippen LogP contribution is -2.43. The zero-order chi connectivity index (χ0) is 20.1. The number of nitrogens with zero attached hydrogens (tertiary/aromatic N) is 2. The van der Waals surface area contributed by atoms with Crippen molar-refractivity contribution in [2.45, 2.75) is 19.4 Å². The molecule has 1 aliphatic rings. The van der Waals surface area contributed by atoms with Gasteiger partial charge in [0, 0.05) is 18.2 Å². The number of hydrogen-bond acceptors (Lipinski definition) is 5. The van der Waals surface area contributed by atoms with Gasteiger partial charge in [0.25, 0.3) is 0 Å². The van der Waals surface area contributed by atoms with Crippen LogP contribution in [0.5, 0.6) is 11.5 Å². The van der Waals surface area contributed by atoms with Gasteiger partial charge in [-0.3, -0.25) is 5.41 Å². The molecule has 3 aromatic rings. The number of hydrogen-bond donors (Lipinski definition) is 3. The summed E-state index contributed by atoms with van der Waals surface area (Å²) in [5.74, 6) is 1.91. The topological polar surface area (TPSA) is 94.5 Å². The highest BCUT2D eigenvalue weighted by atomic mass is 16.5. The van der Waals surface area contributed by atoms with Gasteiger partial charge in [-0.1, -0.05) is 12.1 Å². The lowest BCUT2D eigenvalue weighted by molar-refractivity contribution is 0.333. The highest BCUT2D eigenvalue weighted by molar-refractivity contribution is 6.31. The minimum atomic E-state index is -0.844. The summed E-state index contributed by atoms with van der Waals surface area (Å²) in [6, 6.07) is 13.0. The molecule has 1 aromatic heterocycles. The van der Waals surface area contributed by atoms with Crippen LogP contribution in [0.25, 0.3) is 16.6 Å². The first-order chi connectivity index (χ1) is 13.4. The second-order valence-electron chi connectivity index (χ2n) is 7.14. The van der Waals surface area contributed by atoms with E-state index in [1.54, 1.807) is 25.2 Å². The summed E-state index contributed by atoms with van der Waals surface area (Å²) in [6.07, 6.45) is 0. The van der Waals surface area contributed by atoms with Crippen LogP contribution in [0.15, 0.2) is 48.2 Å². The number of rotatable bonds is 4. The maximum absolute atomic E-state index is 11.0. The quantitative estimate of drug-likeness (QED) is 0.635. The number of imidazole rings is 1. The van der Waals surface area contributed by atoms with Gasteiger partial charge in [-0.2, -0.15) is 0 Å². The van der Waals surface area contributed by atoms with Gasteiger partial charge in [0.2, 0.25) is 0 Å². The van der Waals surface area contributed by atoms with Crippen molar-refractivity contribution in [3.63, 3.8) is 0 Å². The molecule has 2 heterocycles. The van der Waals surface area contributed by atoms with E-state index in [2.05, 4.69) is 9.97 Å². The number of benzene rings is 2. The van der Waals surface area contributed by atoms with E-state index in [4.69, 9.17) is 14.9 Å². The van der Waals surface area contributed by atoms with Crippen LogP contribution in [-0.2, 0) is 0 Å². The third kappa shape index (κ3) is 2.58. The number of para-hydroxylation sites is 2. The normalized spacial score (nSPS) is 16.1. The second kappa shape index (κ2) is 6.30. The van der Waals surface area contributed by atoms with Crippen LogP contribution in [0.3, 0.4) is 0 Å². The van der Waals surface area contributed by atoms with Crippen molar-refractivity contribution < 1.29 is 14.6 Å². The fourth-order valence-corrected chi connectivity index (χ4v) is 3.58. The van der Waals surface area contributed by atoms with Gasteiger partial charge in [0.05, 0.1) is 42.1 Å². The second-order valence-corrected chi connectivity index (χ2v) is 7.14. The average Bonchev–Trinajstić information content (AvgIpc) is 3.17. The summed E-state index contributed by atoms with van der Waals surface area (Å²) in [4.78, 5) is 9.52. The van der Waals surface area contributed by atoms with Crippen LogP contribution in [-0.4, -0.2) is 40.7 Å². The molecule has 144 valence electrons. The number of aromatic amines is 1. The minimum Gasteiger partial charge on any atom is -0.509 e. The van der Waals surface area contributed by atoms with Crippen LogP contribution in [0, 0.1) is 5.41 Å². The zero-order valence-electron chi connectivity index (χ0n) is 16.2. The molecule has 0 unspecified atom stereocenters. The van der Waals surface area contributed by atoms with Gasteiger partial charge >= 0.3 is 0 Å². The molecule has 2 aromatic carbocycles. The van der Waals surface area contributed by atoms with Gasteiger partial charge in [0.15, 0.2) is 0 Å². The Balaban J connectivity index is 1.84. The Morgan fingerprint density at radius 2 is 1.71 bits per heavy atom. The van der Waals surface area contributed by atoms with Crippen molar-refractivity contribution >= 4 is 28.1 Å². The summed E-state index contributed by atoms with van der Waals surface area (Å²) in [5, 5.41) is 19.8. The molecule has 0 amide bonds. The van der Waals surface area contributed by atoms with E-state index in [1.165, 1.54) is 0 Å². The number of nitrogens with one attached hydrogen (secondary N) is 2. The highest BCUT2D eigenvalue weighted by Gasteiger charge is 2.46. The van der Waals surface area contributed by atoms with Crippen molar-refractivity contribution in [1.29, 1.82) is 5.41 Å². The largest absolute Gasteiger partial charge is 0.509 e. The van der Waals surface area contributed by atoms with Crippen LogP contribution >= 0.6 is 0 Å². The number of H-pyrrole nitrogens is 1. The Labute approximate surface area is 162 Å². The standard InChI is InChI=1S/C21H22N4O3/c1-21(2)18(26)17(20-23-15-7-5-6-8-16(15)24-20)19(22)25(21)12-9-13(27-3)11-14(10-12)28-4/h5-11,22,26H,1-4H3,(H,23,24). The molecule has 1 aliphatic heterocycles. The fraction of sp³-hybridized carbons (Fsp3) is 0.238. The number of aromatic nitrogens is 2. The van der Waals surface area contributed by atoms with E-state index in [-0.39, 0.29) is 11.6 Å². The van der Waals surface area contributed by atoms with Crippen molar-refractivity contribution in [2.75, 3.05) is 19.1 Å². The fourth-order valence-electron chi connectivity index (χ4n) is 3.58. The molecule has 7 nitrogen and oxygen atoms in total. The monoisotopic (exact) mass is 378 g/mol. The first kappa shape index (κ1) is 17.9. The summed E-state index contributed by atoms with van der Waals surface area (Å²) < 4.78 is 10.7. The summed E-state index contributed by atoms with van der Waals surface area (Å²) in [7, 11) is 3.16. The molecular weight excluding hydrogens is 356 g/mol. The third-order valence-corrected chi connectivity index (χ3v) is 5.06. The molecule has 3 N–H and O–H groups in total. The third-order valence-electron chi connectivity index (χ3n) is 5.06. The van der Waals surface area contributed by atoms with Gasteiger partial charge < -0.3 is 24.5 Å². The number of aliphatic hydroxyl groups excluding tert-OH is 1. The number of ether oxygens (including phenoxy) is 2. The molecule has 7 heteroatoms. The lowest BCUT2D eigenvalue weighted by atomic mass is 10.0. The smallest absolute Gasteiger partial charge is 0.145 e. The van der Waals surface area contributed by atoms with Crippen LogP contribution < -0.4 is 14.4 Å². The number of aliphatic hydroxyl groups is 1. The molecule has 0 radical (unpaired) electrons. The van der Waals surface area contributed by atoms with E-state index in [1.807, 2.05) is 50.2 Å². The number of methoxy groups -OCH3 is 2. The first-order valence-electron chi connectivity index (χ1n) is 8.88. The molecule has 0 fully saturated rings. The predicted octanol–water partition coefficient (Wildman–Crippen LogP) is 4.13. The maximum Gasteiger partial charge on any atom is 0.145 e. The van der Waals surface area contributed by atoms with Crippen LogP contribution in [0.2, 0.25) is 0 Å². The van der Waals surface area contributed by atoms with E-state index < -0.39 is 5.54 Å². The molecule has 0 bridgehead atoms. The SMILES string of the molecule is COc1cc(OC)cc(N2C(=N)C(c3nc4ccccc4[nH]3)=C(O)C2(C)C)c1. The molecule has 0 aliphatic carbocycles. The maximum atomic E-state index is 11.0. The Hall–Kier alpha value is -3.48. The number of fused-ring (bicyclic) bond motifs is 1. The Bertz CT molecular complexity index is 1060. The minimum absolute atomic E-state index is 0.0818. The molecule has 0 saturated carbocycles. The number of anilines is 1. The van der Waals surface area contributed by atoms with Gasteiger partial charge in [-0.05, 0) is 26.0 Å². The zero-order valence-corrected chi connectivity index (χ0v) is 16.2. The van der Waals surface area contributed by atoms with Crippen molar-refractivity contribution in [3.05, 3.63) is 54.0 Å². The highest BCUT2D eigenvalue weighted by Crippen LogP contribution is 2.43. The molecule has 0 spiro atoms. The lowest BCUT2D eigenvalue weighted by Gasteiger charge is -2.33. The van der Waals surface area contributed by atoms with Crippen LogP contribution in [0.4, 0.5) is 5.69 Å². The molecular formula is C21H22N4O3. The molecule has 28 heavy (non-hydrogen) atoms. The Morgan fingerprint density at radius 1 is 1.07 bits per heavy atom. The summed E-state index contributed by atoms with van der Waals surface area (Å²) >= 11 is 0. The van der Waals surface area contributed by atoms with Gasteiger partial charge in [0.1, 0.15) is 28.9 Å². The molecule has 4 rings (SSSR count). The van der Waals surface area contributed by atoms with Crippen LogP contribution in [0.1, 0.15) is 19.7 Å². The number of amidine groups is 1. The average molecular weight is 378 g/mol.